The van der Waals surface area contributed by atoms with Crippen LogP contribution >= 0.6 is 0 Å². The van der Waals surface area contributed by atoms with E-state index >= 15 is 0 Å². The van der Waals surface area contributed by atoms with Gasteiger partial charge in [-0.3, -0.25) is 4.57 Å². The van der Waals surface area contributed by atoms with Gasteiger partial charge in [0.25, 0.3) is 0 Å². The minimum absolute atomic E-state index is 0.00379. The molecule has 7 heteroatoms. The van der Waals surface area contributed by atoms with Crippen molar-refractivity contribution in [1.29, 1.82) is 0 Å². The van der Waals surface area contributed by atoms with E-state index in [2.05, 4.69) is 4.98 Å². The van der Waals surface area contributed by atoms with Crippen LogP contribution in [0.25, 0.3) is 0 Å². The number of anilines is 1. The summed E-state index contributed by atoms with van der Waals surface area (Å²) in [5.41, 5.74) is 4.69. The summed E-state index contributed by atoms with van der Waals surface area (Å²) < 4.78 is 14.8. The third-order valence-electron chi connectivity index (χ3n) is 2.76. The van der Waals surface area contributed by atoms with E-state index in [4.69, 9.17) is 10.8 Å². The standard InChI is InChI=1S/C10H12FN3O3/c11-8-5(4-15)3-6(16)9(8)14-2-1-7(12)13-10(14)17/h1-2,6,9,15-16H,3-4H2,(H2,12,13,17)/t6-,9+/m1/s1. The Bertz CT molecular complexity index is 526. The van der Waals surface area contributed by atoms with Crippen LogP contribution in [-0.2, 0) is 0 Å². The second-order valence-electron chi connectivity index (χ2n) is 3.87. The van der Waals surface area contributed by atoms with Crippen LogP contribution in [0, 0.1) is 0 Å². The topological polar surface area (TPSA) is 101 Å². The number of aliphatic hydroxyl groups is 2. The first-order valence-electron chi connectivity index (χ1n) is 5.05. The Kier molecular flexibility index (Phi) is 2.95. The molecule has 4 N–H and O–H groups in total. The molecule has 6 nitrogen and oxygen atoms in total. The van der Waals surface area contributed by atoms with Crippen molar-refractivity contribution < 1.29 is 14.6 Å². The molecule has 0 aliphatic heterocycles. The smallest absolute Gasteiger partial charge is 0.350 e. The summed E-state index contributed by atoms with van der Waals surface area (Å²) in [6, 6.07) is 0.218. The zero-order chi connectivity index (χ0) is 12.6. The van der Waals surface area contributed by atoms with Gasteiger partial charge in [0.15, 0.2) is 0 Å². The van der Waals surface area contributed by atoms with Crippen molar-refractivity contribution in [1.82, 2.24) is 9.55 Å². The van der Waals surface area contributed by atoms with Gasteiger partial charge in [-0.1, -0.05) is 0 Å². The van der Waals surface area contributed by atoms with Crippen molar-refractivity contribution >= 4 is 5.82 Å². The van der Waals surface area contributed by atoms with Gasteiger partial charge in [0.2, 0.25) is 0 Å². The molecule has 0 saturated carbocycles. The number of nitrogens with zero attached hydrogens (tertiary/aromatic N) is 2. The number of aliphatic hydroxyl groups excluding tert-OH is 2. The lowest BCUT2D eigenvalue weighted by Gasteiger charge is -2.17. The molecule has 1 aromatic rings. The predicted molar refractivity (Wildman–Crippen MR) is 57.8 cm³/mol. The monoisotopic (exact) mass is 241 g/mol. The van der Waals surface area contributed by atoms with Gasteiger partial charge in [-0.25, -0.2) is 9.18 Å². The molecule has 1 heterocycles. The van der Waals surface area contributed by atoms with Crippen LogP contribution in [0.2, 0.25) is 0 Å². The van der Waals surface area contributed by atoms with Gasteiger partial charge in [0.1, 0.15) is 17.7 Å². The molecule has 1 aliphatic carbocycles. The number of hydrogen-bond acceptors (Lipinski definition) is 5. The van der Waals surface area contributed by atoms with Crippen molar-refractivity contribution in [2.45, 2.75) is 18.6 Å². The maximum Gasteiger partial charge on any atom is 0.350 e. The summed E-state index contributed by atoms with van der Waals surface area (Å²) in [7, 11) is 0. The average Bonchev–Trinajstić information content (AvgIpc) is 2.55. The molecule has 0 unspecified atom stereocenters. The van der Waals surface area contributed by atoms with E-state index in [0.29, 0.717) is 0 Å². The highest BCUT2D eigenvalue weighted by Gasteiger charge is 2.35. The summed E-state index contributed by atoms with van der Waals surface area (Å²) in [5, 5.41) is 18.6. The first kappa shape index (κ1) is 11.7. The molecule has 1 aromatic heterocycles. The fourth-order valence-electron chi connectivity index (χ4n) is 1.92. The Labute approximate surface area is 95.8 Å². The lowest BCUT2D eigenvalue weighted by molar-refractivity contribution is 0.130. The minimum Gasteiger partial charge on any atom is -0.392 e. The Morgan fingerprint density at radius 3 is 2.88 bits per heavy atom. The van der Waals surface area contributed by atoms with Crippen LogP contribution in [0.5, 0.6) is 0 Å². The molecule has 2 atom stereocenters. The summed E-state index contributed by atoms with van der Waals surface area (Å²) in [4.78, 5) is 15.0. The van der Waals surface area contributed by atoms with Gasteiger partial charge in [0.05, 0.1) is 12.7 Å². The molecule has 0 bridgehead atoms. The minimum atomic E-state index is -1.13. The van der Waals surface area contributed by atoms with E-state index in [9.17, 15) is 14.3 Å². The quantitative estimate of drug-likeness (QED) is 0.638. The van der Waals surface area contributed by atoms with Gasteiger partial charge >= 0.3 is 5.69 Å². The number of halogens is 1. The fraction of sp³-hybridized carbons (Fsp3) is 0.400. The molecule has 1 aliphatic rings. The second-order valence-corrected chi connectivity index (χ2v) is 3.87. The number of nitrogen functional groups attached to an aromatic ring is 1. The molecule has 0 amide bonds. The van der Waals surface area contributed by atoms with Gasteiger partial charge in [-0.15, -0.1) is 0 Å². The Morgan fingerprint density at radius 2 is 2.35 bits per heavy atom. The van der Waals surface area contributed by atoms with Gasteiger partial charge in [0, 0.05) is 12.6 Å². The largest absolute Gasteiger partial charge is 0.392 e. The van der Waals surface area contributed by atoms with Crippen LogP contribution in [0.4, 0.5) is 10.2 Å². The van der Waals surface area contributed by atoms with Gasteiger partial charge in [-0.05, 0) is 11.6 Å². The second kappa shape index (κ2) is 4.27. The first-order valence-corrected chi connectivity index (χ1v) is 5.05. The van der Waals surface area contributed by atoms with Crippen molar-refractivity contribution in [3.05, 3.63) is 34.1 Å². The average molecular weight is 241 g/mol. The van der Waals surface area contributed by atoms with Gasteiger partial charge < -0.3 is 15.9 Å². The summed E-state index contributed by atoms with van der Waals surface area (Å²) in [6.45, 7) is -0.476. The van der Waals surface area contributed by atoms with Crippen LogP contribution < -0.4 is 11.4 Å². The summed E-state index contributed by atoms with van der Waals surface area (Å²) >= 11 is 0. The van der Waals surface area contributed by atoms with E-state index in [1.165, 1.54) is 12.3 Å². The summed E-state index contributed by atoms with van der Waals surface area (Å²) in [6.07, 6.45) is 0.197. The number of aromatic nitrogens is 2. The van der Waals surface area contributed by atoms with E-state index in [1.807, 2.05) is 0 Å². The van der Waals surface area contributed by atoms with E-state index in [-0.39, 0.29) is 17.8 Å². The van der Waals surface area contributed by atoms with Gasteiger partial charge in [-0.2, -0.15) is 4.98 Å². The van der Waals surface area contributed by atoms with Crippen LogP contribution in [0.15, 0.2) is 28.5 Å². The van der Waals surface area contributed by atoms with Crippen molar-refractivity contribution in [3.8, 4) is 0 Å². The molecule has 0 radical (unpaired) electrons. The predicted octanol–water partition coefficient (Wildman–Crippen LogP) is -0.653. The Hall–Kier alpha value is -1.73. The van der Waals surface area contributed by atoms with Crippen molar-refractivity contribution in [2.24, 2.45) is 0 Å². The highest BCUT2D eigenvalue weighted by atomic mass is 19.1. The Balaban J connectivity index is 2.47. The molecule has 0 fully saturated rings. The molecule has 0 aromatic carbocycles. The first-order chi connectivity index (χ1) is 8.04. The third-order valence-corrected chi connectivity index (χ3v) is 2.76. The third kappa shape index (κ3) is 1.94. The van der Waals surface area contributed by atoms with Crippen LogP contribution in [-0.4, -0.2) is 32.5 Å². The van der Waals surface area contributed by atoms with E-state index < -0.39 is 30.3 Å². The number of nitrogens with two attached hydrogens (primary N) is 1. The Morgan fingerprint density at radius 1 is 1.65 bits per heavy atom. The molecule has 0 spiro atoms. The fourth-order valence-corrected chi connectivity index (χ4v) is 1.92. The van der Waals surface area contributed by atoms with E-state index in [1.54, 1.807) is 0 Å². The molecular weight excluding hydrogens is 229 g/mol. The van der Waals surface area contributed by atoms with Crippen LogP contribution in [0.3, 0.4) is 0 Å². The maximum atomic E-state index is 13.8. The number of hydrogen-bond donors (Lipinski definition) is 3. The zero-order valence-corrected chi connectivity index (χ0v) is 8.88. The van der Waals surface area contributed by atoms with Crippen molar-refractivity contribution in [2.75, 3.05) is 12.3 Å². The normalized spacial score (nSPS) is 24.4. The lowest BCUT2D eigenvalue weighted by atomic mass is 10.2. The molecule has 17 heavy (non-hydrogen) atoms. The lowest BCUT2D eigenvalue weighted by Crippen LogP contribution is -2.32. The van der Waals surface area contributed by atoms with Crippen LogP contribution in [0.1, 0.15) is 12.5 Å². The summed E-state index contributed by atoms with van der Waals surface area (Å²) in [5.74, 6) is -0.654. The maximum absolute atomic E-state index is 13.8. The SMILES string of the molecule is Nc1ccn([C@@H]2C(F)=C(CO)C[C@H]2O)c(=O)n1. The van der Waals surface area contributed by atoms with Crippen molar-refractivity contribution in [3.63, 3.8) is 0 Å². The molecule has 2 rings (SSSR count). The zero-order valence-electron chi connectivity index (χ0n) is 8.88. The van der Waals surface area contributed by atoms with E-state index in [0.717, 1.165) is 4.57 Å². The number of rotatable bonds is 2. The molecule has 92 valence electrons. The molecule has 0 saturated heterocycles. The highest BCUT2D eigenvalue weighted by molar-refractivity contribution is 5.27. The molecular formula is C10H12FN3O3. The highest BCUT2D eigenvalue weighted by Crippen LogP contribution is 2.35.